The molecule has 1 aliphatic rings. The molecular weight excluding hydrogens is 410 g/mol. The fourth-order valence-electron chi connectivity index (χ4n) is 3.74. The van der Waals surface area contributed by atoms with Crippen molar-refractivity contribution in [2.24, 2.45) is 5.92 Å². The van der Waals surface area contributed by atoms with Gasteiger partial charge in [-0.05, 0) is 25.0 Å². The van der Waals surface area contributed by atoms with Crippen LogP contribution in [0.5, 0.6) is 5.75 Å². The maximum atomic E-state index is 13.3. The predicted molar refractivity (Wildman–Crippen MR) is 110 cm³/mol. The first kappa shape index (κ1) is 22.1. The molecule has 3 rings (SSSR count). The molecule has 0 bridgehead atoms. The number of carbonyl (C=O) groups excluding carboxylic acids is 2. The normalized spacial score (nSPS) is 19.9. The SMILES string of the molecule is Cc1cc(C(C(=O)N2CC(O)CC2C(=O)NCc2ccc(Cl)cc2O)C(C)C)on1. The van der Waals surface area contributed by atoms with Gasteiger partial charge >= 0.3 is 0 Å². The molecule has 3 unspecified atom stereocenters. The summed E-state index contributed by atoms with van der Waals surface area (Å²) in [6.45, 7) is 5.71. The van der Waals surface area contributed by atoms with Gasteiger partial charge in [-0.15, -0.1) is 0 Å². The molecule has 3 N–H and O–H groups in total. The highest BCUT2D eigenvalue weighted by Crippen LogP contribution is 2.31. The van der Waals surface area contributed by atoms with Crippen LogP contribution >= 0.6 is 11.6 Å². The van der Waals surface area contributed by atoms with Crippen molar-refractivity contribution < 1.29 is 24.3 Å². The van der Waals surface area contributed by atoms with Crippen molar-refractivity contribution in [3.05, 3.63) is 46.3 Å². The molecule has 9 heteroatoms. The minimum Gasteiger partial charge on any atom is -0.508 e. The highest BCUT2D eigenvalue weighted by molar-refractivity contribution is 6.30. The Morgan fingerprint density at radius 2 is 2.10 bits per heavy atom. The molecular formula is C21H26ClN3O5. The number of rotatable bonds is 6. The maximum Gasteiger partial charge on any atom is 0.243 e. The Hall–Kier alpha value is -2.58. The Kier molecular flexibility index (Phi) is 6.67. The van der Waals surface area contributed by atoms with E-state index in [2.05, 4.69) is 10.5 Å². The highest BCUT2D eigenvalue weighted by atomic mass is 35.5. The second kappa shape index (κ2) is 9.06. The summed E-state index contributed by atoms with van der Waals surface area (Å²) < 4.78 is 5.32. The molecule has 0 spiro atoms. The molecule has 1 fully saturated rings. The number of aryl methyl sites for hydroxylation is 1. The van der Waals surface area contributed by atoms with Gasteiger partial charge in [0.15, 0.2) is 0 Å². The summed E-state index contributed by atoms with van der Waals surface area (Å²) in [6.07, 6.45) is -0.650. The monoisotopic (exact) mass is 435 g/mol. The third-order valence-electron chi connectivity index (χ3n) is 5.25. The van der Waals surface area contributed by atoms with Gasteiger partial charge in [-0.2, -0.15) is 0 Å². The Morgan fingerprint density at radius 3 is 2.70 bits per heavy atom. The maximum absolute atomic E-state index is 13.3. The molecule has 3 atom stereocenters. The number of nitrogens with zero attached hydrogens (tertiary/aromatic N) is 2. The van der Waals surface area contributed by atoms with Gasteiger partial charge in [0.05, 0.1) is 11.8 Å². The number of β-amino-alcohol motifs (C(OH)–C–C–N with tert-alkyl or cyclic N) is 1. The second-order valence-corrected chi connectivity index (χ2v) is 8.42. The lowest BCUT2D eigenvalue weighted by Crippen LogP contribution is -2.48. The number of hydrogen-bond donors (Lipinski definition) is 3. The number of aliphatic hydroxyl groups is 1. The number of halogens is 1. The predicted octanol–water partition coefficient (Wildman–Crippen LogP) is 2.36. The van der Waals surface area contributed by atoms with Gasteiger partial charge in [0.25, 0.3) is 0 Å². The lowest BCUT2D eigenvalue weighted by molar-refractivity contribution is -0.141. The zero-order chi connectivity index (χ0) is 22.0. The summed E-state index contributed by atoms with van der Waals surface area (Å²) in [4.78, 5) is 27.6. The Bertz CT molecular complexity index is 929. The van der Waals surface area contributed by atoms with Gasteiger partial charge in [0.1, 0.15) is 23.5 Å². The molecule has 0 aliphatic carbocycles. The van der Waals surface area contributed by atoms with Crippen molar-refractivity contribution in [1.29, 1.82) is 0 Å². The number of nitrogens with one attached hydrogen (secondary N) is 1. The first-order chi connectivity index (χ1) is 14.2. The number of aromatic hydroxyl groups is 1. The smallest absolute Gasteiger partial charge is 0.243 e. The van der Waals surface area contributed by atoms with Gasteiger partial charge in [0, 0.05) is 36.2 Å². The number of carbonyl (C=O) groups is 2. The van der Waals surface area contributed by atoms with Crippen LogP contribution in [0.3, 0.4) is 0 Å². The third-order valence-corrected chi connectivity index (χ3v) is 5.49. The first-order valence-corrected chi connectivity index (χ1v) is 10.2. The quantitative estimate of drug-likeness (QED) is 0.641. The van der Waals surface area contributed by atoms with E-state index in [1.54, 1.807) is 25.1 Å². The number of aliphatic hydroxyl groups excluding tert-OH is 1. The third kappa shape index (κ3) is 4.76. The van der Waals surface area contributed by atoms with Crippen molar-refractivity contribution in [2.45, 2.75) is 51.8 Å². The fraction of sp³-hybridized carbons (Fsp3) is 0.476. The number of phenolic OH excluding ortho intramolecular Hbond substituents is 1. The molecule has 1 aromatic heterocycles. The number of amides is 2. The van der Waals surface area contributed by atoms with Gasteiger partial charge in [0.2, 0.25) is 11.8 Å². The Labute approximate surface area is 179 Å². The van der Waals surface area contributed by atoms with E-state index in [-0.39, 0.29) is 37.1 Å². The summed E-state index contributed by atoms with van der Waals surface area (Å²) in [6, 6.07) is 5.53. The van der Waals surface area contributed by atoms with Gasteiger partial charge in [-0.25, -0.2) is 0 Å². The van der Waals surface area contributed by atoms with E-state index < -0.39 is 24.0 Å². The van der Waals surface area contributed by atoms with Crippen LogP contribution in [-0.4, -0.2) is 50.8 Å². The average molecular weight is 436 g/mol. The van der Waals surface area contributed by atoms with Crippen molar-refractivity contribution in [1.82, 2.24) is 15.4 Å². The van der Waals surface area contributed by atoms with E-state index in [1.807, 2.05) is 13.8 Å². The van der Waals surface area contributed by atoms with Crippen molar-refractivity contribution in [3.8, 4) is 5.75 Å². The van der Waals surface area contributed by atoms with Crippen molar-refractivity contribution in [3.63, 3.8) is 0 Å². The van der Waals surface area contributed by atoms with Crippen LogP contribution in [0.25, 0.3) is 0 Å². The number of likely N-dealkylation sites (tertiary alicyclic amines) is 1. The summed E-state index contributed by atoms with van der Waals surface area (Å²) in [5.41, 5.74) is 1.17. The Balaban J connectivity index is 1.75. The molecule has 30 heavy (non-hydrogen) atoms. The van der Waals surface area contributed by atoms with Gasteiger partial charge in [-0.1, -0.05) is 36.7 Å². The van der Waals surface area contributed by atoms with Crippen LogP contribution in [0.1, 0.15) is 43.2 Å². The second-order valence-electron chi connectivity index (χ2n) is 7.98. The molecule has 2 amide bonds. The standard InChI is InChI=1S/C21H26ClN3O5/c1-11(2)19(18-6-12(3)24-30-18)21(29)25-10-15(26)8-16(25)20(28)23-9-13-4-5-14(22)7-17(13)27/h4-7,11,15-16,19,26-27H,8-10H2,1-3H3,(H,23,28). The lowest BCUT2D eigenvalue weighted by Gasteiger charge is -2.28. The van der Waals surface area contributed by atoms with E-state index in [0.717, 1.165) is 0 Å². The molecule has 162 valence electrons. The summed E-state index contributed by atoms with van der Waals surface area (Å²) in [5, 5.41) is 27.1. The van der Waals surface area contributed by atoms with Crippen LogP contribution in [0.15, 0.2) is 28.8 Å². The Morgan fingerprint density at radius 1 is 1.37 bits per heavy atom. The molecule has 8 nitrogen and oxygen atoms in total. The van der Waals surface area contributed by atoms with E-state index in [4.69, 9.17) is 16.1 Å². The van der Waals surface area contributed by atoms with Crippen LogP contribution < -0.4 is 5.32 Å². The minimum atomic E-state index is -0.813. The highest BCUT2D eigenvalue weighted by Gasteiger charge is 2.43. The zero-order valence-electron chi connectivity index (χ0n) is 17.1. The molecule has 0 radical (unpaired) electrons. The van der Waals surface area contributed by atoms with Crippen LogP contribution in [0, 0.1) is 12.8 Å². The number of phenols is 1. The van der Waals surface area contributed by atoms with Gasteiger partial charge < -0.3 is 25.0 Å². The number of benzene rings is 1. The van der Waals surface area contributed by atoms with Crippen LogP contribution in [0.4, 0.5) is 0 Å². The largest absolute Gasteiger partial charge is 0.508 e. The summed E-state index contributed by atoms with van der Waals surface area (Å²) >= 11 is 5.83. The van der Waals surface area contributed by atoms with Crippen molar-refractivity contribution >= 4 is 23.4 Å². The minimum absolute atomic E-state index is 0.0252. The fourth-order valence-corrected chi connectivity index (χ4v) is 3.90. The molecule has 1 saturated heterocycles. The van der Waals surface area contributed by atoms with E-state index in [9.17, 15) is 19.8 Å². The molecule has 2 aromatic rings. The average Bonchev–Trinajstić information content (AvgIpc) is 3.26. The zero-order valence-corrected chi connectivity index (χ0v) is 17.9. The summed E-state index contributed by atoms with van der Waals surface area (Å²) in [5.74, 6) is -0.955. The van der Waals surface area contributed by atoms with Crippen LogP contribution in [0.2, 0.25) is 5.02 Å². The van der Waals surface area contributed by atoms with E-state index >= 15 is 0 Å². The lowest BCUT2D eigenvalue weighted by atomic mass is 9.91. The summed E-state index contributed by atoms with van der Waals surface area (Å²) in [7, 11) is 0. The van der Waals surface area contributed by atoms with Gasteiger partial charge in [-0.3, -0.25) is 9.59 Å². The molecule has 2 heterocycles. The number of aromatic nitrogens is 1. The first-order valence-electron chi connectivity index (χ1n) is 9.84. The molecule has 1 aliphatic heterocycles. The van der Waals surface area contributed by atoms with Crippen LogP contribution in [-0.2, 0) is 16.1 Å². The topological polar surface area (TPSA) is 116 Å². The van der Waals surface area contributed by atoms with Crippen molar-refractivity contribution in [2.75, 3.05) is 6.54 Å². The number of hydrogen-bond acceptors (Lipinski definition) is 6. The van der Waals surface area contributed by atoms with E-state index in [1.165, 1.54) is 11.0 Å². The van der Waals surface area contributed by atoms with E-state index in [0.29, 0.717) is 22.0 Å². The molecule has 0 saturated carbocycles. The molecule has 1 aromatic carbocycles.